The van der Waals surface area contributed by atoms with Gasteiger partial charge in [0.25, 0.3) is 10.0 Å². The smallest absolute Gasteiger partial charge is 0.280 e. The summed E-state index contributed by atoms with van der Waals surface area (Å²) in [6.45, 7) is 1.62. The number of benzene rings is 2. The first kappa shape index (κ1) is 19.2. The van der Waals surface area contributed by atoms with Crippen molar-refractivity contribution < 1.29 is 21.6 Å². The standard InChI is InChI=1S/C16H12ClF3N4O2S/c1-10-2-3-11(17)8-14(10)27(25,26)22-12-4-6-13(7-5-12)24-15(9-21-23-24)16(18,19)20/h2-9,22H,1H3. The molecular weight excluding hydrogens is 405 g/mol. The highest BCUT2D eigenvalue weighted by atomic mass is 35.5. The summed E-state index contributed by atoms with van der Waals surface area (Å²) in [6, 6.07) is 9.71. The van der Waals surface area contributed by atoms with E-state index in [0.717, 1.165) is 0 Å². The fourth-order valence-corrected chi connectivity index (χ4v) is 3.93. The molecule has 0 aliphatic rings. The van der Waals surface area contributed by atoms with Crippen LogP contribution in [-0.4, -0.2) is 23.4 Å². The third kappa shape index (κ3) is 4.06. The highest BCUT2D eigenvalue weighted by Crippen LogP contribution is 2.30. The van der Waals surface area contributed by atoms with Gasteiger partial charge in [-0.15, -0.1) is 5.10 Å². The van der Waals surface area contributed by atoms with Crippen LogP contribution in [-0.2, 0) is 16.2 Å². The number of nitrogens with one attached hydrogen (secondary N) is 1. The quantitative estimate of drug-likeness (QED) is 0.696. The van der Waals surface area contributed by atoms with E-state index in [1.165, 1.54) is 30.3 Å². The molecule has 1 heterocycles. The van der Waals surface area contributed by atoms with Gasteiger partial charge in [-0.05, 0) is 48.9 Å². The molecule has 6 nitrogen and oxygen atoms in total. The van der Waals surface area contributed by atoms with Gasteiger partial charge < -0.3 is 0 Å². The number of aryl methyl sites for hydroxylation is 1. The van der Waals surface area contributed by atoms with Crippen molar-refractivity contribution in [1.82, 2.24) is 15.0 Å². The third-order valence-electron chi connectivity index (χ3n) is 3.64. The van der Waals surface area contributed by atoms with E-state index < -0.39 is 21.9 Å². The normalized spacial score (nSPS) is 12.2. The first-order valence-corrected chi connectivity index (χ1v) is 9.31. The molecule has 11 heteroatoms. The summed E-state index contributed by atoms with van der Waals surface area (Å²) < 4.78 is 66.8. The zero-order chi connectivity index (χ0) is 19.8. The molecule has 0 aliphatic heterocycles. The van der Waals surface area contributed by atoms with Crippen molar-refractivity contribution in [1.29, 1.82) is 0 Å². The average molecular weight is 417 g/mol. The van der Waals surface area contributed by atoms with E-state index in [9.17, 15) is 21.6 Å². The first-order chi connectivity index (χ1) is 12.6. The zero-order valence-corrected chi connectivity index (χ0v) is 15.3. The SMILES string of the molecule is Cc1ccc(Cl)cc1S(=O)(=O)Nc1ccc(-n2nncc2C(F)(F)F)cc1. The molecule has 0 saturated heterocycles. The number of rotatable bonds is 4. The number of sulfonamides is 1. The van der Waals surface area contributed by atoms with Crippen LogP contribution in [0.25, 0.3) is 5.69 Å². The molecule has 0 amide bonds. The van der Waals surface area contributed by atoms with Gasteiger partial charge in [-0.2, -0.15) is 13.2 Å². The molecule has 0 spiro atoms. The molecule has 27 heavy (non-hydrogen) atoms. The molecule has 2 aromatic carbocycles. The van der Waals surface area contributed by atoms with Gasteiger partial charge in [-0.1, -0.05) is 22.9 Å². The molecule has 0 unspecified atom stereocenters. The highest BCUT2D eigenvalue weighted by molar-refractivity contribution is 7.92. The Morgan fingerprint density at radius 3 is 2.41 bits per heavy atom. The van der Waals surface area contributed by atoms with Crippen LogP contribution in [0.5, 0.6) is 0 Å². The Kier molecular flexibility index (Phi) is 4.87. The van der Waals surface area contributed by atoms with Gasteiger partial charge in [0.15, 0.2) is 5.69 Å². The average Bonchev–Trinajstić information content (AvgIpc) is 3.07. The van der Waals surface area contributed by atoms with Crippen molar-refractivity contribution in [3.05, 3.63) is 64.9 Å². The molecule has 3 rings (SSSR count). The number of nitrogens with zero attached hydrogens (tertiary/aromatic N) is 3. The molecule has 0 atom stereocenters. The molecule has 0 aliphatic carbocycles. The fourth-order valence-electron chi connectivity index (χ4n) is 2.36. The highest BCUT2D eigenvalue weighted by Gasteiger charge is 2.36. The van der Waals surface area contributed by atoms with Crippen molar-refractivity contribution in [2.75, 3.05) is 4.72 Å². The second-order valence-electron chi connectivity index (χ2n) is 5.59. The fraction of sp³-hybridized carbons (Fsp3) is 0.125. The topological polar surface area (TPSA) is 76.9 Å². The summed E-state index contributed by atoms with van der Waals surface area (Å²) in [6.07, 6.45) is -4.01. The molecule has 3 aromatic rings. The molecule has 142 valence electrons. The Labute approximate surface area is 157 Å². The van der Waals surface area contributed by atoms with Gasteiger partial charge in [0, 0.05) is 10.7 Å². The number of alkyl halides is 3. The molecule has 1 N–H and O–H groups in total. The maximum absolute atomic E-state index is 12.9. The first-order valence-electron chi connectivity index (χ1n) is 7.45. The minimum atomic E-state index is -4.62. The Balaban J connectivity index is 1.89. The number of hydrogen-bond acceptors (Lipinski definition) is 4. The maximum Gasteiger partial charge on any atom is 0.435 e. The second-order valence-corrected chi connectivity index (χ2v) is 7.68. The van der Waals surface area contributed by atoms with E-state index in [0.29, 0.717) is 16.4 Å². The van der Waals surface area contributed by atoms with Crippen molar-refractivity contribution in [2.24, 2.45) is 0 Å². The van der Waals surface area contributed by atoms with Crippen LogP contribution < -0.4 is 4.72 Å². The Bertz CT molecular complexity index is 1080. The van der Waals surface area contributed by atoms with E-state index in [-0.39, 0.29) is 21.3 Å². The predicted molar refractivity (Wildman–Crippen MR) is 93.4 cm³/mol. The van der Waals surface area contributed by atoms with Crippen LogP contribution in [0.15, 0.2) is 53.6 Å². The largest absolute Gasteiger partial charge is 0.435 e. The van der Waals surface area contributed by atoms with Gasteiger partial charge >= 0.3 is 6.18 Å². The van der Waals surface area contributed by atoms with Gasteiger partial charge in [-0.25, -0.2) is 13.1 Å². The summed E-state index contributed by atoms with van der Waals surface area (Å²) in [5.41, 5.74) is -0.278. The summed E-state index contributed by atoms with van der Waals surface area (Å²) in [5, 5.41) is 6.96. The van der Waals surface area contributed by atoms with Crippen molar-refractivity contribution >= 4 is 27.3 Å². The lowest BCUT2D eigenvalue weighted by Crippen LogP contribution is -2.15. The Hall–Kier alpha value is -2.59. The molecular formula is C16H12ClF3N4O2S. The molecule has 1 aromatic heterocycles. The van der Waals surface area contributed by atoms with E-state index in [1.54, 1.807) is 19.1 Å². The van der Waals surface area contributed by atoms with Crippen LogP contribution >= 0.6 is 11.6 Å². The summed E-state index contributed by atoms with van der Waals surface area (Å²) >= 11 is 5.86. The van der Waals surface area contributed by atoms with Gasteiger partial charge in [0.1, 0.15) is 0 Å². The lowest BCUT2D eigenvalue weighted by Gasteiger charge is -2.12. The molecule has 0 fully saturated rings. The minimum absolute atomic E-state index is 0.00899. The summed E-state index contributed by atoms with van der Waals surface area (Å²) in [7, 11) is -3.91. The third-order valence-corrected chi connectivity index (χ3v) is 5.40. The van der Waals surface area contributed by atoms with Crippen LogP contribution in [0.1, 0.15) is 11.3 Å². The molecule has 0 radical (unpaired) electrons. The molecule has 0 bridgehead atoms. The summed E-state index contributed by atoms with van der Waals surface area (Å²) in [4.78, 5) is 0.00899. The van der Waals surface area contributed by atoms with Crippen LogP contribution in [0.3, 0.4) is 0 Å². The number of hydrogen-bond donors (Lipinski definition) is 1. The minimum Gasteiger partial charge on any atom is -0.280 e. The van der Waals surface area contributed by atoms with Crippen LogP contribution in [0, 0.1) is 6.92 Å². The Morgan fingerprint density at radius 2 is 1.78 bits per heavy atom. The van der Waals surface area contributed by atoms with Crippen LogP contribution in [0.2, 0.25) is 5.02 Å². The Morgan fingerprint density at radius 1 is 1.11 bits per heavy atom. The van der Waals surface area contributed by atoms with Crippen molar-refractivity contribution in [3.8, 4) is 5.69 Å². The second kappa shape index (κ2) is 6.86. The lowest BCUT2D eigenvalue weighted by atomic mass is 10.2. The van der Waals surface area contributed by atoms with E-state index in [2.05, 4.69) is 15.0 Å². The maximum atomic E-state index is 12.9. The molecule has 0 saturated carbocycles. The van der Waals surface area contributed by atoms with E-state index >= 15 is 0 Å². The van der Waals surface area contributed by atoms with Crippen molar-refractivity contribution in [2.45, 2.75) is 18.0 Å². The number of anilines is 1. The van der Waals surface area contributed by atoms with Gasteiger partial charge in [0.05, 0.1) is 16.8 Å². The van der Waals surface area contributed by atoms with Gasteiger partial charge in [0.2, 0.25) is 0 Å². The van der Waals surface area contributed by atoms with E-state index in [4.69, 9.17) is 11.6 Å². The van der Waals surface area contributed by atoms with E-state index in [1.807, 2.05) is 0 Å². The predicted octanol–water partition coefficient (Wildman–Crippen LogP) is 4.05. The summed E-state index contributed by atoms with van der Waals surface area (Å²) in [5.74, 6) is 0. The number of aromatic nitrogens is 3. The zero-order valence-electron chi connectivity index (χ0n) is 13.7. The lowest BCUT2D eigenvalue weighted by molar-refractivity contribution is -0.142. The number of halogens is 4. The monoisotopic (exact) mass is 416 g/mol. The van der Waals surface area contributed by atoms with Gasteiger partial charge in [-0.3, -0.25) is 4.72 Å². The van der Waals surface area contributed by atoms with Crippen LogP contribution in [0.4, 0.5) is 18.9 Å². The van der Waals surface area contributed by atoms with Crippen molar-refractivity contribution in [3.63, 3.8) is 0 Å².